The van der Waals surface area contributed by atoms with Crippen LogP contribution in [0.5, 0.6) is 0 Å². The summed E-state index contributed by atoms with van der Waals surface area (Å²) in [7, 11) is 0. The summed E-state index contributed by atoms with van der Waals surface area (Å²) in [5.41, 5.74) is 6.25. The zero-order chi connectivity index (χ0) is 12.1. The summed E-state index contributed by atoms with van der Waals surface area (Å²) < 4.78 is 0. The molecule has 4 nitrogen and oxygen atoms in total. The van der Waals surface area contributed by atoms with Gasteiger partial charge in [-0.15, -0.1) is 11.8 Å². The van der Waals surface area contributed by atoms with Crippen LogP contribution in [0.25, 0.3) is 0 Å². The average Bonchev–Trinajstić information content (AvgIpc) is 2.28. The minimum atomic E-state index is -0.412. The van der Waals surface area contributed by atoms with Crippen LogP contribution in [0.2, 0.25) is 0 Å². The molecular formula is C11H16N2O2S. The molecule has 1 aromatic rings. The third-order valence-electron chi connectivity index (χ3n) is 2.26. The Morgan fingerprint density at radius 1 is 1.38 bits per heavy atom. The fourth-order valence-electron chi connectivity index (χ4n) is 1.13. The van der Waals surface area contributed by atoms with Gasteiger partial charge in [-0.05, 0) is 13.0 Å². The Balaban J connectivity index is 2.96. The fraction of sp³-hybridized carbons (Fsp3) is 0.364. The van der Waals surface area contributed by atoms with E-state index in [-0.39, 0.29) is 11.1 Å². The second kappa shape index (κ2) is 5.77. The first-order chi connectivity index (χ1) is 7.56. The van der Waals surface area contributed by atoms with Crippen molar-refractivity contribution in [3.05, 3.63) is 29.8 Å². The Hall–Kier alpha value is -1.20. The number of aliphatic hydroxyl groups excluding tert-OH is 1. The minimum Gasteiger partial charge on any atom is -0.409 e. The van der Waals surface area contributed by atoms with Crippen molar-refractivity contribution < 1.29 is 10.3 Å². The Labute approximate surface area is 99.2 Å². The number of thioether (sulfide) groups is 1. The summed E-state index contributed by atoms with van der Waals surface area (Å²) in [6.07, 6.45) is -0.412. The molecule has 5 heteroatoms. The van der Waals surface area contributed by atoms with Gasteiger partial charge in [-0.3, -0.25) is 0 Å². The lowest BCUT2D eigenvalue weighted by atomic mass is 10.2. The molecule has 4 N–H and O–H groups in total. The minimum absolute atomic E-state index is 0.0487. The van der Waals surface area contributed by atoms with Crippen LogP contribution in [-0.4, -0.2) is 27.5 Å². The molecule has 0 aliphatic rings. The number of hydrogen-bond donors (Lipinski definition) is 3. The molecular weight excluding hydrogens is 224 g/mol. The van der Waals surface area contributed by atoms with E-state index in [9.17, 15) is 5.11 Å². The Bertz CT molecular complexity index is 380. The van der Waals surface area contributed by atoms with Gasteiger partial charge in [-0.25, -0.2) is 0 Å². The molecule has 0 radical (unpaired) electrons. The van der Waals surface area contributed by atoms with Crippen molar-refractivity contribution in [1.82, 2.24) is 0 Å². The van der Waals surface area contributed by atoms with E-state index in [0.29, 0.717) is 5.56 Å². The van der Waals surface area contributed by atoms with E-state index in [1.807, 2.05) is 25.1 Å². The van der Waals surface area contributed by atoms with Gasteiger partial charge in [0.1, 0.15) is 0 Å². The second-order valence-electron chi connectivity index (χ2n) is 3.54. The van der Waals surface area contributed by atoms with Crippen molar-refractivity contribution in [2.45, 2.75) is 30.1 Å². The fourth-order valence-corrected chi connectivity index (χ4v) is 2.19. The van der Waals surface area contributed by atoms with Gasteiger partial charge in [0.05, 0.1) is 6.10 Å². The molecule has 16 heavy (non-hydrogen) atoms. The third kappa shape index (κ3) is 3.15. The van der Waals surface area contributed by atoms with E-state index in [0.717, 1.165) is 4.90 Å². The molecule has 1 aromatic carbocycles. The normalized spacial score (nSPS) is 15.8. The highest BCUT2D eigenvalue weighted by atomic mass is 32.2. The molecule has 0 amide bonds. The summed E-state index contributed by atoms with van der Waals surface area (Å²) in [6.45, 7) is 3.67. The molecule has 2 atom stereocenters. The predicted octanol–water partition coefficient (Wildman–Crippen LogP) is 1.64. The number of hydrogen-bond acceptors (Lipinski definition) is 4. The number of aliphatic hydroxyl groups is 1. The highest BCUT2D eigenvalue weighted by Crippen LogP contribution is 2.28. The van der Waals surface area contributed by atoms with E-state index in [1.54, 1.807) is 13.0 Å². The summed E-state index contributed by atoms with van der Waals surface area (Å²) in [5, 5.41) is 21.1. The van der Waals surface area contributed by atoms with Crippen molar-refractivity contribution in [3.63, 3.8) is 0 Å². The number of amidine groups is 1. The first kappa shape index (κ1) is 12.9. The van der Waals surface area contributed by atoms with Gasteiger partial charge in [0.25, 0.3) is 0 Å². The van der Waals surface area contributed by atoms with E-state index in [1.165, 1.54) is 11.8 Å². The largest absolute Gasteiger partial charge is 0.409 e. The van der Waals surface area contributed by atoms with E-state index in [4.69, 9.17) is 10.9 Å². The molecule has 0 fully saturated rings. The predicted molar refractivity (Wildman–Crippen MR) is 66.0 cm³/mol. The Morgan fingerprint density at radius 3 is 2.56 bits per heavy atom. The molecule has 0 aliphatic carbocycles. The van der Waals surface area contributed by atoms with E-state index in [2.05, 4.69) is 5.16 Å². The van der Waals surface area contributed by atoms with Gasteiger partial charge in [0.15, 0.2) is 5.84 Å². The number of oxime groups is 1. The standard InChI is InChI=1S/C11H16N2O2S/c1-7(14)8(2)16-10-6-4-3-5-9(10)11(12)13-15/h3-8,14-15H,1-2H3,(H2,12,13). The maximum atomic E-state index is 9.44. The van der Waals surface area contributed by atoms with Gasteiger partial charge < -0.3 is 16.0 Å². The number of rotatable bonds is 4. The lowest BCUT2D eigenvalue weighted by Crippen LogP contribution is -2.18. The van der Waals surface area contributed by atoms with E-state index >= 15 is 0 Å². The zero-order valence-electron chi connectivity index (χ0n) is 9.29. The van der Waals surface area contributed by atoms with Crippen LogP contribution in [-0.2, 0) is 0 Å². The van der Waals surface area contributed by atoms with Crippen LogP contribution in [0, 0.1) is 0 Å². The van der Waals surface area contributed by atoms with Crippen molar-refractivity contribution in [2.75, 3.05) is 0 Å². The van der Waals surface area contributed by atoms with Crippen LogP contribution in [0.3, 0.4) is 0 Å². The molecule has 1 rings (SSSR count). The molecule has 0 saturated heterocycles. The maximum absolute atomic E-state index is 9.44. The van der Waals surface area contributed by atoms with E-state index < -0.39 is 6.10 Å². The van der Waals surface area contributed by atoms with Crippen molar-refractivity contribution in [1.29, 1.82) is 0 Å². The molecule has 0 aliphatic heterocycles. The van der Waals surface area contributed by atoms with Crippen LogP contribution >= 0.6 is 11.8 Å². The highest BCUT2D eigenvalue weighted by molar-refractivity contribution is 8.00. The highest BCUT2D eigenvalue weighted by Gasteiger charge is 2.14. The lowest BCUT2D eigenvalue weighted by molar-refractivity contribution is 0.196. The van der Waals surface area contributed by atoms with Crippen LogP contribution in [0.1, 0.15) is 19.4 Å². The third-order valence-corrected chi connectivity index (χ3v) is 3.64. The smallest absolute Gasteiger partial charge is 0.171 e. The topological polar surface area (TPSA) is 78.8 Å². The average molecular weight is 240 g/mol. The number of nitrogens with zero attached hydrogens (tertiary/aromatic N) is 1. The molecule has 0 aromatic heterocycles. The van der Waals surface area contributed by atoms with Crippen molar-refractivity contribution in [3.8, 4) is 0 Å². The Morgan fingerprint density at radius 2 is 2.00 bits per heavy atom. The summed E-state index contributed by atoms with van der Waals surface area (Å²) in [6, 6.07) is 7.37. The van der Waals surface area contributed by atoms with Crippen molar-refractivity contribution >= 4 is 17.6 Å². The van der Waals surface area contributed by atoms with Gasteiger partial charge >= 0.3 is 0 Å². The summed E-state index contributed by atoms with van der Waals surface area (Å²) in [4.78, 5) is 0.895. The van der Waals surface area contributed by atoms with Crippen LogP contribution in [0.15, 0.2) is 34.3 Å². The first-order valence-electron chi connectivity index (χ1n) is 4.98. The van der Waals surface area contributed by atoms with Crippen LogP contribution in [0.4, 0.5) is 0 Å². The monoisotopic (exact) mass is 240 g/mol. The first-order valence-corrected chi connectivity index (χ1v) is 5.86. The molecule has 88 valence electrons. The lowest BCUT2D eigenvalue weighted by Gasteiger charge is -2.15. The molecule has 2 unspecified atom stereocenters. The molecule has 0 saturated carbocycles. The van der Waals surface area contributed by atoms with Gasteiger partial charge in [-0.1, -0.05) is 30.3 Å². The zero-order valence-corrected chi connectivity index (χ0v) is 10.1. The van der Waals surface area contributed by atoms with Crippen molar-refractivity contribution in [2.24, 2.45) is 10.9 Å². The summed E-state index contributed by atoms with van der Waals surface area (Å²) >= 11 is 1.50. The number of nitrogens with two attached hydrogens (primary N) is 1. The SMILES string of the molecule is CC(O)C(C)Sc1ccccc1/C(N)=N/O. The summed E-state index contributed by atoms with van der Waals surface area (Å²) in [5.74, 6) is 0.0842. The Kier molecular flexibility index (Phi) is 4.64. The number of benzene rings is 1. The molecule has 0 heterocycles. The van der Waals surface area contributed by atoms with Gasteiger partial charge in [0.2, 0.25) is 0 Å². The maximum Gasteiger partial charge on any atom is 0.171 e. The second-order valence-corrected chi connectivity index (χ2v) is 4.96. The van der Waals surface area contributed by atoms with Crippen LogP contribution < -0.4 is 5.73 Å². The van der Waals surface area contributed by atoms with Gasteiger partial charge in [0, 0.05) is 15.7 Å². The molecule has 0 bridgehead atoms. The molecule has 0 spiro atoms. The quantitative estimate of drug-likeness (QED) is 0.246. The van der Waals surface area contributed by atoms with Gasteiger partial charge in [-0.2, -0.15) is 0 Å².